The molecular formula is C23H26N4O6S. The van der Waals surface area contributed by atoms with Crippen LogP contribution >= 0.6 is 0 Å². The molecule has 2 aliphatic heterocycles. The van der Waals surface area contributed by atoms with Gasteiger partial charge in [0, 0.05) is 52.3 Å². The molecule has 180 valence electrons. The average molecular weight is 487 g/mol. The van der Waals surface area contributed by atoms with Gasteiger partial charge in [-0.1, -0.05) is 12.1 Å². The van der Waals surface area contributed by atoms with Crippen LogP contribution in [0.2, 0.25) is 0 Å². The zero-order valence-corrected chi connectivity index (χ0v) is 19.7. The number of rotatable bonds is 5. The summed E-state index contributed by atoms with van der Waals surface area (Å²) >= 11 is 0. The third-order valence-corrected chi connectivity index (χ3v) is 8.24. The number of hydrogen-bond acceptors (Lipinski definition) is 6. The van der Waals surface area contributed by atoms with Gasteiger partial charge in [-0.15, -0.1) is 0 Å². The highest BCUT2D eigenvalue weighted by molar-refractivity contribution is 7.89. The van der Waals surface area contributed by atoms with Gasteiger partial charge in [0.2, 0.25) is 15.9 Å². The monoisotopic (exact) mass is 486 g/mol. The van der Waals surface area contributed by atoms with E-state index in [0.717, 1.165) is 11.0 Å². The number of amides is 1. The molecule has 1 aromatic heterocycles. The van der Waals surface area contributed by atoms with Crippen LogP contribution in [0, 0.1) is 0 Å². The Bertz CT molecular complexity index is 1400. The SMILES string of the molecule is Cn1c(=O)n(CCC(=O)N2CCN(S(=O)(=O)c3ccc4c(c3)OCCO4)CC2)c2ccccc21. The fraction of sp³-hybridized carbons (Fsp3) is 0.391. The van der Waals surface area contributed by atoms with Gasteiger partial charge in [-0.3, -0.25) is 13.9 Å². The molecule has 11 heteroatoms. The molecule has 2 aromatic carbocycles. The second-order valence-electron chi connectivity index (χ2n) is 8.32. The van der Waals surface area contributed by atoms with Gasteiger partial charge in [-0.2, -0.15) is 4.31 Å². The van der Waals surface area contributed by atoms with Crippen LogP contribution < -0.4 is 15.2 Å². The topological polar surface area (TPSA) is 103 Å². The molecule has 3 aromatic rings. The number of para-hydroxylation sites is 2. The smallest absolute Gasteiger partial charge is 0.328 e. The molecule has 0 bridgehead atoms. The number of imidazole rings is 1. The van der Waals surface area contributed by atoms with Gasteiger partial charge in [0.05, 0.1) is 15.9 Å². The van der Waals surface area contributed by atoms with Crippen molar-refractivity contribution in [3.05, 3.63) is 52.9 Å². The van der Waals surface area contributed by atoms with Crippen molar-refractivity contribution in [2.75, 3.05) is 39.4 Å². The standard InChI is InChI=1S/C23H26N4O6S/c1-24-18-4-2-3-5-19(18)27(23(24)29)9-8-22(28)25-10-12-26(13-11-25)34(30,31)17-6-7-20-21(16-17)33-15-14-32-20/h2-7,16H,8-15H2,1H3. The minimum atomic E-state index is -3.72. The van der Waals surface area contributed by atoms with Crippen molar-refractivity contribution in [2.45, 2.75) is 17.9 Å². The van der Waals surface area contributed by atoms with Gasteiger partial charge >= 0.3 is 5.69 Å². The first kappa shape index (κ1) is 22.5. The lowest BCUT2D eigenvalue weighted by molar-refractivity contribution is -0.132. The van der Waals surface area contributed by atoms with Crippen molar-refractivity contribution in [3.8, 4) is 11.5 Å². The number of nitrogens with zero attached hydrogens (tertiary/aromatic N) is 4. The van der Waals surface area contributed by atoms with Gasteiger partial charge in [-0.25, -0.2) is 13.2 Å². The maximum absolute atomic E-state index is 13.1. The fourth-order valence-electron chi connectivity index (χ4n) is 4.46. The Labute approximate surface area is 196 Å². The number of carbonyl (C=O) groups is 1. The van der Waals surface area contributed by atoms with E-state index in [9.17, 15) is 18.0 Å². The Morgan fingerprint density at radius 1 is 0.941 bits per heavy atom. The molecule has 0 atom stereocenters. The van der Waals surface area contributed by atoms with Crippen LogP contribution in [0.4, 0.5) is 0 Å². The van der Waals surface area contributed by atoms with Crippen LogP contribution in [0.5, 0.6) is 11.5 Å². The van der Waals surface area contributed by atoms with E-state index >= 15 is 0 Å². The van der Waals surface area contributed by atoms with E-state index < -0.39 is 10.0 Å². The molecule has 0 radical (unpaired) electrons. The van der Waals surface area contributed by atoms with Crippen molar-refractivity contribution >= 4 is 27.0 Å². The lowest BCUT2D eigenvalue weighted by Crippen LogP contribution is -2.50. The van der Waals surface area contributed by atoms with Crippen molar-refractivity contribution in [1.82, 2.24) is 18.3 Å². The second kappa shape index (κ2) is 8.80. The number of aryl methyl sites for hydroxylation is 2. The molecule has 34 heavy (non-hydrogen) atoms. The van der Waals surface area contributed by atoms with E-state index in [1.54, 1.807) is 27.1 Å². The summed E-state index contributed by atoms with van der Waals surface area (Å²) in [6.07, 6.45) is 0.169. The van der Waals surface area contributed by atoms with Crippen molar-refractivity contribution in [1.29, 1.82) is 0 Å². The Morgan fingerprint density at radius 3 is 2.35 bits per heavy atom. The lowest BCUT2D eigenvalue weighted by atomic mass is 10.3. The average Bonchev–Trinajstić information content (AvgIpc) is 3.11. The normalized spacial score (nSPS) is 16.7. The molecule has 0 spiro atoms. The summed E-state index contributed by atoms with van der Waals surface area (Å²) < 4.78 is 41.8. The van der Waals surface area contributed by atoms with E-state index in [-0.39, 0.29) is 42.5 Å². The number of carbonyl (C=O) groups excluding carboxylic acids is 1. The Kier molecular flexibility index (Phi) is 5.82. The van der Waals surface area contributed by atoms with Crippen molar-refractivity contribution in [3.63, 3.8) is 0 Å². The number of aromatic nitrogens is 2. The van der Waals surface area contributed by atoms with Gasteiger partial charge < -0.3 is 14.4 Å². The predicted molar refractivity (Wildman–Crippen MR) is 125 cm³/mol. The number of sulfonamides is 1. The van der Waals surface area contributed by atoms with E-state index in [4.69, 9.17) is 9.47 Å². The van der Waals surface area contributed by atoms with Crippen LogP contribution in [0.15, 0.2) is 52.2 Å². The number of fused-ring (bicyclic) bond motifs is 2. The van der Waals surface area contributed by atoms with Crippen molar-refractivity contribution < 1.29 is 22.7 Å². The minimum Gasteiger partial charge on any atom is -0.486 e. The first-order valence-corrected chi connectivity index (χ1v) is 12.6. The first-order valence-electron chi connectivity index (χ1n) is 11.2. The van der Waals surface area contributed by atoms with E-state index in [0.29, 0.717) is 37.8 Å². The summed E-state index contributed by atoms with van der Waals surface area (Å²) in [6, 6.07) is 12.1. The van der Waals surface area contributed by atoms with Gasteiger partial charge in [0.15, 0.2) is 11.5 Å². The molecule has 5 rings (SSSR count). The highest BCUT2D eigenvalue weighted by Crippen LogP contribution is 2.33. The van der Waals surface area contributed by atoms with Crippen LogP contribution in [-0.4, -0.2) is 72.1 Å². The van der Waals surface area contributed by atoms with E-state index in [1.807, 2.05) is 24.3 Å². The Balaban J connectivity index is 1.22. The predicted octanol–water partition coefficient (Wildman–Crippen LogP) is 1.03. The molecular weight excluding hydrogens is 460 g/mol. The molecule has 10 nitrogen and oxygen atoms in total. The molecule has 1 amide bonds. The quantitative estimate of drug-likeness (QED) is 0.534. The van der Waals surface area contributed by atoms with Crippen LogP contribution in [0.3, 0.4) is 0 Å². The van der Waals surface area contributed by atoms with Crippen LogP contribution in [0.25, 0.3) is 11.0 Å². The second-order valence-corrected chi connectivity index (χ2v) is 10.3. The first-order chi connectivity index (χ1) is 16.4. The van der Waals surface area contributed by atoms with Crippen molar-refractivity contribution in [2.24, 2.45) is 7.05 Å². The molecule has 0 N–H and O–H groups in total. The summed E-state index contributed by atoms with van der Waals surface area (Å²) in [5, 5.41) is 0. The molecule has 2 aliphatic rings. The molecule has 0 unspecified atom stereocenters. The van der Waals surface area contributed by atoms with Gasteiger partial charge in [0.1, 0.15) is 13.2 Å². The maximum atomic E-state index is 13.1. The number of benzene rings is 2. The maximum Gasteiger partial charge on any atom is 0.328 e. The third-order valence-electron chi connectivity index (χ3n) is 6.34. The summed E-state index contributed by atoms with van der Waals surface area (Å²) in [5.41, 5.74) is 1.44. The zero-order chi connectivity index (χ0) is 23.9. The number of piperazine rings is 1. The molecule has 1 saturated heterocycles. The van der Waals surface area contributed by atoms with Gasteiger partial charge in [-0.05, 0) is 24.3 Å². The lowest BCUT2D eigenvalue weighted by Gasteiger charge is -2.34. The van der Waals surface area contributed by atoms with Gasteiger partial charge in [0.25, 0.3) is 0 Å². The fourth-order valence-corrected chi connectivity index (χ4v) is 5.89. The largest absolute Gasteiger partial charge is 0.486 e. The van der Waals surface area contributed by atoms with E-state index in [1.165, 1.54) is 16.4 Å². The highest BCUT2D eigenvalue weighted by atomic mass is 32.2. The van der Waals surface area contributed by atoms with Crippen LogP contribution in [0.1, 0.15) is 6.42 Å². The van der Waals surface area contributed by atoms with E-state index in [2.05, 4.69) is 0 Å². The summed E-state index contributed by atoms with van der Waals surface area (Å²) in [6.45, 7) is 2.09. The minimum absolute atomic E-state index is 0.101. The summed E-state index contributed by atoms with van der Waals surface area (Å²) in [5.74, 6) is 0.854. The Hall–Kier alpha value is -3.31. The summed E-state index contributed by atoms with van der Waals surface area (Å²) in [4.78, 5) is 27.2. The molecule has 1 fully saturated rings. The number of hydrogen-bond donors (Lipinski definition) is 0. The molecule has 0 saturated carbocycles. The zero-order valence-electron chi connectivity index (χ0n) is 18.8. The summed E-state index contributed by atoms with van der Waals surface area (Å²) in [7, 11) is -2.00. The highest BCUT2D eigenvalue weighted by Gasteiger charge is 2.31. The number of ether oxygens (including phenoxy) is 2. The molecule has 3 heterocycles. The molecule has 0 aliphatic carbocycles. The Morgan fingerprint density at radius 2 is 1.62 bits per heavy atom. The third kappa shape index (κ3) is 3.94. The van der Waals surface area contributed by atoms with Crippen LogP contribution in [-0.2, 0) is 28.4 Å².